The molecule has 102 valence electrons. The van der Waals surface area contributed by atoms with Gasteiger partial charge in [0.1, 0.15) is 0 Å². The van der Waals surface area contributed by atoms with Crippen molar-refractivity contribution in [3.05, 3.63) is 50.4 Å². The fourth-order valence-corrected chi connectivity index (χ4v) is 4.12. The van der Waals surface area contributed by atoms with Gasteiger partial charge in [0.2, 0.25) is 0 Å². The average Bonchev–Trinajstić information content (AvgIpc) is 3.12. The van der Waals surface area contributed by atoms with E-state index in [0.717, 1.165) is 12.8 Å². The normalized spacial score (nSPS) is 19.2. The van der Waals surface area contributed by atoms with E-state index in [1.807, 2.05) is 0 Å². The maximum absolute atomic E-state index is 7.65. The molecule has 1 aliphatic heterocycles. The van der Waals surface area contributed by atoms with E-state index < -0.39 is 6.98 Å². The topological polar surface area (TPSA) is 3.24 Å². The van der Waals surface area contributed by atoms with Crippen molar-refractivity contribution in [1.82, 2.24) is 4.90 Å². The second-order valence-electron chi connectivity index (χ2n) is 4.46. The molecule has 0 radical (unpaired) electrons. The molecule has 2 aromatic heterocycles. The van der Waals surface area contributed by atoms with Gasteiger partial charge >= 0.3 is 0 Å². The van der Waals surface area contributed by atoms with Gasteiger partial charge in [0.25, 0.3) is 0 Å². The van der Waals surface area contributed by atoms with E-state index in [2.05, 4.69) is 35.0 Å². The molecule has 0 atom stereocenters. The van der Waals surface area contributed by atoms with E-state index in [4.69, 9.17) is 4.11 Å². The van der Waals surface area contributed by atoms with Gasteiger partial charge in [-0.25, -0.2) is 0 Å². The molecule has 2 aromatic rings. The van der Waals surface area contributed by atoms with E-state index in [0.29, 0.717) is 13.1 Å². The molecule has 0 aliphatic carbocycles. The van der Waals surface area contributed by atoms with E-state index in [1.165, 1.54) is 20.9 Å². The minimum absolute atomic E-state index is 0. The Bertz CT molecular complexity index is 582. The van der Waals surface area contributed by atoms with E-state index in [1.54, 1.807) is 27.6 Å². The molecule has 0 saturated carbocycles. The zero-order valence-corrected chi connectivity index (χ0v) is 12.9. The fraction of sp³-hybridized carbons (Fsp3) is 0.333. The van der Waals surface area contributed by atoms with Crippen molar-refractivity contribution < 1.29 is 4.11 Å². The molecule has 1 fully saturated rings. The average molecular weight is 315 g/mol. The SMILES string of the molecule is Cl.[2H]C([2H])([2H])N1CCCC(=C(c2cccs2)c2cccs2)C1. The second-order valence-corrected chi connectivity index (χ2v) is 6.35. The van der Waals surface area contributed by atoms with Crippen LogP contribution in [0.15, 0.2) is 40.6 Å². The molecule has 0 N–H and O–H groups in total. The van der Waals surface area contributed by atoms with Crippen molar-refractivity contribution in [1.29, 1.82) is 0 Å². The molecular formula is C15H18ClNS2. The second kappa shape index (κ2) is 6.71. The molecule has 3 heterocycles. The van der Waals surface area contributed by atoms with Gasteiger partial charge in [-0.15, -0.1) is 35.1 Å². The Kier molecular flexibility index (Phi) is 3.92. The van der Waals surface area contributed by atoms with Crippen LogP contribution in [0.2, 0.25) is 0 Å². The quantitative estimate of drug-likeness (QED) is 0.772. The summed E-state index contributed by atoms with van der Waals surface area (Å²) in [5, 5.41) is 4.15. The third-order valence-electron chi connectivity index (χ3n) is 3.18. The van der Waals surface area contributed by atoms with Crippen molar-refractivity contribution in [3.63, 3.8) is 0 Å². The lowest BCUT2D eigenvalue weighted by Crippen LogP contribution is -2.27. The highest BCUT2D eigenvalue weighted by atomic mass is 35.5. The van der Waals surface area contributed by atoms with Gasteiger partial charge < -0.3 is 4.90 Å². The molecule has 0 amide bonds. The Morgan fingerprint density at radius 1 is 1.21 bits per heavy atom. The molecule has 0 bridgehead atoms. The number of piperidine rings is 1. The van der Waals surface area contributed by atoms with Crippen LogP contribution in [-0.2, 0) is 0 Å². The molecule has 0 unspecified atom stereocenters. The molecule has 1 nitrogen and oxygen atoms in total. The van der Waals surface area contributed by atoms with E-state index in [-0.39, 0.29) is 12.4 Å². The van der Waals surface area contributed by atoms with Crippen LogP contribution < -0.4 is 0 Å². The molecule has 1 saturated heterocycles. The minimum Gasteiger partial charge on any atom is -0.302 e. The van der Waals surface area contributed by atoms with Gasteiger partial charge in [-0.1, -0.05) is 12.1 Å². The highest BCUT2D eigenvalue weighted by molar-refractivity contribution is 7.13. The maximum atomic E-state index is 7.65. The summed E-state index contributed by atoms with van der Waals surface area (Å²) < 4.78 is 22.9. The van der Waals surface area contributed by atoms with Crippen LogP contribution in [0.3, 0.4) is 0 Å². The third-order valence-corrected chi connectivity index (χ3v) is 4.95. The minimum atomic E-state index is -2.00. The summed E-state index contributed by atoms with van der Waals surface area (Å²) in [5.41, 5.74) is 2.50. The lowest BCUT2D eigenvalue weighted by atomic mass is 9.97. The summed E-state index contributed by atoms with van der Waals surface area (Å²) in [6, 6.07) is 8.36. The van der Waals surface area contributed by atoms with Crippen molar-refractivity contribution >= 4 is 40.7 Å². The summed E-state index contributed by atoms with van der Waals surface area (Å²) in [6.45, 7) is -0.800. The zero-order valence-electron chi connectivity index (χ0n) is 13.5. The fourth-order valence-electron chi connectivity index (χ4n) is 2.39. The number of hydrogen-bond acceptors (Lipinski definition) is 3. The predicted molar refractivity (Wildman–Crippen MR) is 88.6 cm³/mol. The van der Waals surface area contributed by atoms with Crippen molar-refractivity contribution in [2.45, 2.75) is 12.8 Å². The molecule has 1 aliphatic rings. The highest BCUT2D eigenvalue weighted by Crippen LogP contribution is 2.35. The number of rotatable bonds is 2. The number of likely N-dealkylation sites (N-methyl/N-ethyl adjacent to an activating group) is 1. The van der Waals surface area contributed by atoms with Gasteiger partial charge in [-0.05, 0) is 54.8 Å². The first-order valence-corrected chi connectivity index (χ1v) is 7.86. The first kappa shape index (κ1) is 11.1. The molecular weight excluding hydrogens is 294 g/mol. The summed E-state index contributed by atoms with van der Waals surface area (Å²) in [6.07, 6.45) is 1.89. The lowest BCUT2D eigenvalue weighted by Gasteiger charge is -2.26. The Balaban J connectivity index is 0.00000176. The van der Waals surface area contributed by atoms with Crippen molar-refractivity contribution in [3.8, 4) is 0 Å². The number of nitrogens with zero attached hydrogens (tertiary/aromatic N) is 1. The summed E-state index contributed by atoms with van der Waals surface area (Å²) >= 11 is 3.44. The first-order valence-electron chi connectivity index (χ1n) is 7.60. The molecule has 0 spiro atoms. The Hall–Kier alpha value is -0.610. The van der Waals surface area contributed by atoms with Crippen molar-refractivity contribution in [2.24, 2.45) is 0 Å². The van der Waals surface area contributed by atoms with Gasteiger partial charge in [-0.2, -0.15) is 0 Å². The Morgan fingerprint density at radius 3 is 2.42 bits per heavy atom. The lowest BCUT2D eigenvalue weighted by molar-refractivity contribution is 0.323. The molecule has 19 heavy (non-hydrogen) atoms. The van der Waals surface area contributed by atoms with Crippen LogP contribution in [0.25, 0.3) is 5.57 Å². The summed E-state index contributed by atoms with van der Waals surface area (Å²) in [4.78, 5) is 4.09. The zero-order chi connectivity index (χ0) is 14.9. The van der Waals surface area contributed by atoms with Crippen LogP contribution >= 0.6 is 35.1 Å². The largest absolute Gasteiger partial charge is 0.302 e. The van der Waals surface area contributed by atoms with Crippen LogP contribution in [0.5, 0.6) is 0 Å². The highest BCUT2D eigenvalue weighted by Gasteiger charge is 2.18. The predicted octanol–water partition coefficient (Wildman–Crippen LogP) is 4.76. The van der Waals surface area contributed by atoms with Crippen LogP contribution in [0.4, 0.5) is 0 Å². The first-order chi connectivity index (χ1) is 10.1. The van der Waals surface area contributed by atoms with Crippen LogP contribution in [-0.4, -0.2) is 25.0 Å². The van der Waals surface area contributed by atoms with Gasteiger partial charge in [0.05, 0.1) is 0 Å². The standard InChI is InChI=1S/C15H17NS2.ClH/c1-16-8-2-5-12(11-16)15(13-6-3-9-17-13)14-7-4-10-18-14;/h3-4,6-7,9-10H,2,5,8,11H2,1H3;1H/i1D3;. The van der Waals surface area contributed by atoms with Gasteiger partial charge in [0.15, 0.2) is 0 Å². The van der Waals surface area contributed by atoms with Gasteiger partial charge in [-0.3, -0.25) is 0 Å². The number of likely N-dealkylation sites (tertiary alicyclic amines) is 1. The summed E-state index contributed by atoms with van der Waals surface area (Å²) in [7, 11) is 0. The smallest absolute Gasteiger partial charge is 0.0394 e. The molecule has 4 heteroatoms. The van der Waals surface area contributed by atoms with Crippen LogP contribution in [0.1, 0.15) is 26.7 Å². The maximum Gasteiger partial charge on any atom is 0.0394 e. The van der Waals surface area contributed by atoms with Crippen molar-refractivity contribution in [2.75, 3.05) is 20.1 Å². The summed E-state index contributed by atoms with van der Waals surface area (Å²) in [5.74, 6) is 0. The number of thiophene rings is 2. The molecule has 3 rings (SSSR count). The van der Waals surface area contributed by atoms with E-state index in [9.17, 15) is 0 Å². The Morgan fingerprint density at radius 2 is 1.89 bits per heavy atom. The van der Waals surface area contributed by atoms with Gasteiger partial charge in [0, 0.05) is 26.0 Å². The molecule has 0 aromatic carbocycles. The monoisotopic (exact) mass is 314 g/mol. The number of halogens is 1. The Labute approximate surface area is 133 Å². The van der Waals surface area contributed by atoms with Crippen LogP contribution in [0, 0.1) is 0 Å². The number of hydrogen-bond donors (Lipinski definition) is 0. The third kappa shape index (κ3) is 3.29. The van der Waals surface area contributed by atoms with E-state index >= 15 is 0 Å².